The van der Waals surface area contributed by atoms with Gasteiger partial charge in [0.05, 0.1) is 43.5 Å². The third kappa shape index (κ3) is 4.85. The second-order valence-corrected chi connectivity index (χ2v) is 11.0. The van der Waals surface area contributed by atoms with Crippen molar-refractivity contribution in [3.05, 3.63) is 65.9 Å². The molecule has 0 amide bonds. The maximum absolute atomic E-state index is 14.6. The van der Waals surface area contributed by atoms with Gasteiger partial charge in [0.25, 0.3) is 0 Å². The molecular weight excluding hydrogens is 490 g/mol. The summed E-state index contributed by atoms with van der Waals surface area (Å²) in [6, 6.07) is 7.88. The van der Waals surface area contributed by atoms with Crippen LogP contribution in [0.1, 0.15) is 23.6 Å². The van der Waals surface area contributed by atoms with Crippen molar-refractivity contribution in [2.75, 3.05) is 30.6 Å². The third-order valence-corrected chi connectivity index (χ3v) is 7.08. The fraction of sp³-hybridized carbons (Fsp3) is 0.333. The molecule has 2 atom stereocenters. The molecule has 0 aromatic carbocycles. The molecule has 36 heavy (non-hydrogen) atoms. The van der Waals surface area contributed by atoms with Gasteiger partial charge >= 0.3 is 0 Å². The minimum Gasteiger partial charge on any atom is -0.481 e. The predicted octanol–water partition coefficient (Wildman–Crippen LogP) is 3.21. The summed E-state index contributed by atoms with van der Waals surface area (Å²) < 4.78 is 58.7. The smallest absolute Gasteiger partial charge is 0.218 e. The maximum atomic E-state index is 14.6. The van der Waals surface area contributed by atoms with Gasteiger partial charge in [-0.2, -0.15) is 0 Å². The summed E-state index contributed by atoms with van der Waals surface area (Å²) in [5.74, 6) is 0.215. The largest absolute Gasteiger partial charge is 0.481 e. The number of imidazole rings is 1. The third-order valence-electron chi connectivity index (χ3n) is 6.14. The molecule has 0 saturated carbocycles. The van der Waals surface area contributed by atoms with Crippen molar-refractivity contribution in [3.8, 4) is 17.3 Å². The number of pyridine rings is 2. The Hall–Kier alpha value is -3.67. The Morgan fingerprint density at radius 1 is 1.14 bits per heavy atom. The van der Waals surface area contributed by atoms with Crippen molar-refractivity contribution in [2.45, 2.75) is 25.1 Å². The quantitative estimate of drug-likeness (QED) is 0.371. The summed E-state index contributed by atoms with van der Waals surface area (Å²) >= 11 is 0. The Kier molecular flexibility index (Phi) is 6.29. The van der Waals surface area contributed by atoms with Gasteiger partial charge in [-0.15, -0.1) is 5.10 Å². The van der Waals surface area contributed by atoms with Crippen LogP contribution in [0, 0.1) is 5.82 Å². The zero-order valence-corrected chi connectivity index (χ0v) is 20.5. The van der Waals surface area contributed by atoms with E-state index in [4.69, 9.17) is 9.84 Å². The fourth-order valence-electron chi connectivity index (χ4n) is 4.45. The maximum Gasteiger partial charge on any atom is 0.218 e. The standard InChI is InChI=1S/C24H24F2N6O3S/c1-35-24-18(10-16(25)12-29-24)20-11-17(26)14-31(20)23-4-3-22-28-13-21(32(22)30-23)19-9-15(5-7-27-19)6-8-36(2,33)34/h3-5,7,9-10,12-13,17,20H,6,8,11,14H2,1-2H3/t17-,20+/m0/s1. The Morgan fingerprint density at radius 3 is 2.75 bits per heavy atom. The first kappa shape index (κ1) is 24.0. The molecule has 0 unspecified atom stereocenters. The molecule has 4 aromatic rings. The summed E-state index contributed by atoms with van der Waals surface area (Å²) in [6.07, 6.45) is 4.87. The van der Waals surface area contributed by atoms with Crippen LogP contribution >= 0.6 is 0 Å². The normalized spacial score (nSPS) is 18.2. The Bertz CT molecular complexity index is 1530. The van der Waals surface area contributed by atoms with E-state index in [0.717, 1.165) is 11.8 Å². The minimum atomic E-state index is -3.10. The van der Waals surface area contributed by atoms with Crippen LogP contribution in [-0.2, 0) is 16.3 Å². The summed E-state index contributed by atoms with van der Waals surface area (Å²) in [5, 5.41) is 4.72. The predicted molar refractivity (Wildman–Crippen MR) is 130 cm³/mol. The number of hydrogen-bond acceptors (Lipinski definition) is 8. The number of anilines is 1. The Balaban J connectivity index is 1.52. The van der Waals surface area contributed by atoms with Crippen LogP contribution in [0.4, 0.5) is 14.6 Å². The van der Waals surface area contributed by atoms with Gasteiger partial charge in [-0.1, -0.05) is 0 Å². The summed E-state index contributed by atoms with van der Waals surface area (Å²) in [6.45, 7) is 0.0755. The highest BCUT2D eigenvalue weighted by atomic mass is 32.2. The number of fused-ring (bicyclic) bond motifs is 1. The van der Waals surface area contributed by atoms with E-state index >= 15 is 0 Å². The first-order chi connectivity index (χ1) is 17.2. The van der Waals surface area contributed by atoms with Gasteiger partial charge in [-0.05, 0) is 42.3 Å². The molecule has 4 aromatic heterocycles. The first-order valence-corrected chi connectivity index (χ1v) is 13.4. The van der Waals surface area contributed by atoms with Gasteiger partial charge in [0.1, 0.15) is 33.3 Å². The number of aryl methyl sites for hydroxylation is 1. The highest BCUT2D eigenvalue weighted by Gasteiger charge is 2.36. The van der Waals surface area contributed by atoms with Crippen molar-refractivity contribution >= 4 is 21.3 Å². The molecule has 0 aliphatic carbocycles. The first-order valence-electron chi connectivity index (χ1n) is 11.3. The summed E-state index contributed by atoms with van der Waals surface area (Å²) in [5.41, 5.74) is 3.02. The Labute approximate surface area is 206 Å². The van der Waals surface area contributed by atoms with Crippen molar-refractivity contribution in [3.63, 3.8) is 0 Å². The lowest BCUT2D eigenvalue weighted by atomic mass is 10.1. The molecule has 12 heteroatoms. The average Bonchev–Trinajstić information content (AvgIpc) is 3.45. The second-order valence-electron chi connectivity index (χ2n) is 8.79. The van der Waals surface area contributed by atoms with Crippen molar-refractivity contribution < 1.29 is 21.9 Å². The van der Waals surface area contributed by atoms with E-state index in [1.165, 1.54) is 19.4 Å². The Morgan fingerprint density at radius 2 is 1.97 bits per heavy atom. The van der Waals surface area contributed by atoms with Crippen molar-refractivity contribution in [2.24, 2.45) is 0 Å². The fourth-order valence-corrected chi connectivity index (χ4v) is 5.06. The zero-order chi connectivity index (χ0) is 25.4. The number of nitrogens with zero attached hydrogens (tertiary/aromatic N) is 6. The number of hydrogen-bond donors (Lipinski definition) is 0. The molecule has 5 rings (SSSR count). The van der Waals surface area contributed by atoms with Crippen LogP contribution in [0.2, 0.25) is 0 Å². The van der Waals surface area contributed by atoms with E-state index in [0.29, 0.717) is 34.8 Å². The van der Waals surface area contributed by atoms with Gasteiger partial charge in [-0.3, -0.25) is 4.98 Å². The lowest BCUT2D eigenvalue weighted by Gasteiger charge is -2.26. The van der Waals surface area contributed by atoms with Crippen LogP contribution in [0.25, 0.3) is 17.0 Å². The molecule has 1 aliphatic rings. The van der Waals surface area contributed by atoms with E-state index < -0.39 is 27.9 Å². The van der Waals surface area contributed by atoms with Gasteiger partial charge < -0.3 is 9.64 Å². The minimum absolute atomic E-state index is 0.0329. The SMILES string of the molecule is COc1ncc(F)cc1[C@H]1C[C@H](F)CN1c1ccc2ncc(-c3cc(CCS(C)(=O)=O)ccn3)n2n1. The molecule has 5 heterocycles. The molecule has 0 bridgehead atoms. The topological polar surface area (TPSA) is 103 Å². The molecule has 9 nitrogen and oxygen atoms in total. The average molecular weight is 515 g/mol. The van der Waals surface area contributed by atoms with E-state index in [2.05, 4.69) is 15.0 Å². The lowest BCUT2D eigenvalue weighted by Crippen LogP contribution is -2.26. The van der Waals surface area contributed by atoms with Crippen molar-refractivity contribution in [1.82, 2.24) is 24.6 Å². The van der Waals surface area contributed by atoms with E-state index in [1.807, 2.05) is 6.07 Å². The lowest BCUT2D eigenvalue weighted by molar-refractivity contribution is 0.352. The summed E-state index contributed by atoms with van der Waals surface area (Å²) in [7, 11) is -1.66. The van der Waals surface area contributed by atoms with Crippen LogP contribution in [0.3, 0.4) is 0 Å². The highest BCUT2D eigenvalue weighted by Crippen LogP contribution is 2.40. The molecule has 1 aliphatic heterocycles. The number of halogens is 2. The number of aromatic nitrogens is 5. The van der Waals surface area contributed by atoms with E-state index in [-0.39, 0.29) is 24.6 Å². The molecule has 0 radical (unpaired) electrons. The number of sulfone groups is 1. The highest BCUT2D eigenvalue weighted by molar-refractivity contribution is 7.90. The molecule has 0 N–H and O–H groups in total. The van der Waals surface area contributed by atoms with E-state index in [9.17, 15) is 17.2 Å². The summed E-state index contributed by atoms with van der Waals surface area (Å²) in [4.78, 5) is 14.6. The van der Waals surface area contributed by atoms with E-state index in [1.54, 1.807) is 40.0 Å². The van der Waals surface area contributed by atoms with Crippen LogP contribution < -0.4 is 9.64 Å². The second kappa shape index (κ2) is 9.41. The van der Waals surface area contributed by atoms with Gasteiger partial charge in [0.2, 0.25) is 5.88 Å². The van der Waals surface area contributed by atoms with Gasteiger partial charge in [0, 0.05) is 24.4 Å². The number of methoxy groups -OCH3 is 1. The molecule has 0 spiro atoms. The number of ether oxygens (including phenoxy) is 1. The zero-order valence-electron chi connectivity index (χ0n) is 19.7. The van der Waals surface area contributed by atoms with Crippen LogP contribution in [0.5, 0.6) is 5.88 Å². The van der Waals surface area contributed by atoms with Gasteiger partial charge in [-0.25, -0.2) is 31.7 Å². The molecule has 1 saturated heterocycles. The molecule has 1 fully saturated rings. The van der Waals surface area contributed by atoms with Gasteiger partial charge in [0.15, 0.2) is 5.65 Å². The molecule has 188 valence electrons. The van der Waals surface area contributed by atoms with Crippen LogP contribution in [-0.4, -0.2) is 64.8 Å². The molecular formula is C24H24F2N6O3S. The van der Waals surface area contributed by atoms with Crippen molar-refractivity contribution in [1.29, 1.82) is 0 Å². The monoisotopic (exact) mass is 514 g/mol. The van der Waals surface area contributed by atoms with Crippen LogP contribution in [0.15, 0.2) is 48.9 Å². The number of alkyl halides is 1. The number of rotatable bonds is 7.